The maximum absolute atomic E-state index is 12.9. The fraction of sp³-hybridized carbons (Fsp3) is 0.148. The average molecular weight is 467 g/mol. The quantitative estimate of drug-likeness (QED) is 0.189. The molecule has 6 rings (SSSR count). The van der Waals surface area contributed by atoms with Gasteiger partial charge < -0.3 is 19.4 Å². The van der Waals surface area contributed by atoms with Crippen molar-refractivity contribution in [2.24, 2.45) is 0 Å². The van der Waals surface area contributed by atoms with E-state index in [0.29, 0.717) is 18.0 Å². The maximum atomic E-state index is 12.9. The fourth-order valence-electron chi connectivity index (χ4n) is 4.96. The number of carbonyl (C=O) groups is 1. The summed E-state index contributed by atoms with van der Waals surface area (Å²) in [5.41, 5.74) is 4.22. The molecule has 0 saturated heterocycles. The molecule has 3 aromatic carbocycles. The number of para-hydroxylation sites is 2. The van der Waals surface area contributed by atoms with Crippen molar-refractivity contribution in [2.45, 2.75) is 12.5 Å². The molecule has 0 spiro atoms. The Morgan fingerprint density at radius 2 is 1.86 bits per heavy atom. The monoisotopic (exact) mass is 467 g/mol. The number of benzene rings is 3. The van der Waals surface area contributed by atoms with Crippen LogP contribution in [0.25, 0.3) is 10.9 Å². The number of fused-ring (bicyclic) bond motifs is 4. The second-order valence-electron chi connectivity index (χ2n) is 8.52. The molecular formula is C27H21N3O5. The number of carbonyl (C=O) groups excluding carboxylic acids is 1. The van der Waals surface area contributed by atoms with E-state index < -0.39 is 10.7 Å². The summed E-state index contributed by atoms with van der Waals surface area (Å²) in [4.78, 5) is 29.4. The number of hydrogen-bond donors (Lipinski definition) is 1. The molecule has 2 aliphatic heterocycles. The first kappa shape index (κ1) is 21.0. The van der Waals surface area contributed by atoms with Crippen molar-refractivity contribution in [3.05, 3.63) is 112 Å². The largest absolute Gasteiger partial charge is 0.454 e. The van der Waals surface area contributed by atoms with Crippen LogP contribution in [0.3, 0.4) is 0 Å². The van der Waals surface area contributed by atoms with Crippen LogP contribution in [0, 0.1) is 10.1 Å². The molecule has 0 radical (unpaired) electrons. The molecule has 174 valence electrons. The van der Waals surface area contributed by atoms with Crippen molar-refractivity contribution in [3.63, 3.8) is 0 Å². The topological polar surface area (TPSA) is 97.7 Å². The van der Waals surface area contributed by atoms with Gasteiger partial charge >= 0.3 is 0 Å². The first-order valence-corrected chi connectivity index (χ1v) is 11.3. The molecule has 8 heteroatoms. The SMILES string of the molecule is O=C(/C=C/N1CCc2c([nH]c3ccccc23)C1c1ccc2c(c1)OCO2)c1ccccc1[N+](=O)[O-]. The third-order valence-corrected chi connectivity index (χ3v) is 6.57. The van der Waals surface area contributed by atoms with Crippen molar-refractivity contribution in [1.29, 1.82) is 0 Å². The van der Waals surface area contributed by atoms with E-state index in [2.05, 4.69) is 22.0 Å². The van der Waals surface area contributed by atoms with Crippen LogP contribution < -0.4 is 9.47 Å². The standard InChI is InChI=1S/C27H21N3O5/c31-23(20-6-2-4-8-22(20)30(32)33)12-14-29-13-11-19-18-5-1-3-7-21(18)28-26(19)27(29)17-9-10-24-25(15-17)35-16-34-24/h1-10,12,14-15,27-28H,11,13,16H2/b14-12+. The van der Waals surface area contributed by atoms with Crippen LogP contribution in [0.2, 0.25) is 0 Å². The van der Waals surface area contributed by atoms with E-state index in [1.165, 1.54) is 29.2 Å². The van der Waals surface area contributed by atoms with Crippen molar-refractivity contribution < 1.29 is 19.2 Å². The van der Waals surface area contributed by atoms with Gasteiger partial charge in [-0.3, -0.25) is 14.9 Å². The lowest BCUT2D eigenvalue weighted by Crippen LogP contribution is -2.32. The lowest BCUT2D eigenvalue weighted by atomic mass is 9.92. The smallest absolute Gasteiger partial charge is 0.280 e. The molecule has 35 heavy (non-hydrogen) atoms. The number of ether oxygens (including phenoxy) is 2. The number of aromatic nitrogens is 1. The van der Waals surface area contributed by atoms with Gasteiger partial charge in [-0.05, 0) is 41.8 Å². The van der Waals surface area contributed by atoms with Crippen LogP contribution in [0.1, 0.15) is 33.2 Å². The number of nitro benzene ring substituents is 1. The fourth-order valence-corrected chi connectivity index (χ4v) is 4.96. The van der Waals surface area contributed by atoms with Gasteiger partial charge in [-0.15, -0.1) is 0 Å². The average Bonchev–Trinajstić information content (AvgIpc) is 3.50. The Morgan fingerprint density at radius 3 is 2.74 bits per heavy atom. The molecule has 1 atom stereocenters. The number of H-pyrrole nitrogens is 1. The summed E-state index contributed by atoms with van der Waals surface area (Å²) in [6.45, 7) is 0.865. The molecule has 0 amide bonds. The van der Waals surface area contributed by atoms with Gasteiger partial charge in [0.25, 0.3) is 5.69 Å². The number of aromatic amines is 1. The van der Waals surface area contributed by atoms with Crippen LogP contribution in [-0.2, 0) is 6.42 Å². The second-order valence-corrected chi connectivity index (χ2v) is 8.52. The Bertz CT molecular complexity index is 1510. The second kappa shape index (κ2) is 8.32. The van der Waals surface area contributed by atoms with Gasteiger partial charge in [0.05, 0.1) is 16.5 Å². The van der Waals surface area contributed by atoms with Gasteiger partial charge in [-0.25, -0.2) is 0 Å². The highest BCUT2D eigenvalue weighted by Crippen LogP contribution is 2.42. The Kier molecular flexibility index (Phi) is 4.99. The van der Waals surface area contributed by atoms with Crippen LogP contribution >= 0.6 is 0 Å². The zero-order valence-electron chi connectivity index (χ0n) is 18.6. The number of nitrogens with zero attached hydrogens (tertiary/aromatic N) is 2. The van der Waals surface area contributed by atoms with E-state index in [1.54, 1.807) is 18.3 Å². The van der Waals surface area contributed by atoms with Gasteiger partial charge in [0.15, 0.2) is 17.3 Å². The van der Waals surface area contributed by atoms with E-state index in [0.717, 1.165) is 23.2 Å². The molecule has 3 heterocycles. The molecule has 1 aromatic heterocycles. The van der Waals surface area contributed by atoms with Crippen LogP contribution in [0.4, 0.5) is 5.69 Å². The predicted molar refractivity (Wildman–Crippen MR) is 130 cm³/mol. The minimum atomic E-state index is -0.534. The van der Waals surface area contributed by atoms with Gasteiger partial charge in [0, 0.05) is 41.5 Å². The minimum Gasteiger partial charge on any atom is -0.454 e. The molecule has 0 bridgehead atoms. The van der Waals surface area contributed by atoms with Crippen molar-refractivity contribution in [2.75, 3.05) is 13.3 Å². The molecule has 0 aliphatic carbocycles. The molecule has 4 aromatic rings. The maximum Gasteiger partial charge on any atom is 0.280 e. The van der Waals surface area contributed by atoms with E-state index in [4.69, 9.17) is 9.47 Å². The van der Waals surface area contributed by atoms with Crippen molar-refractivity contribution in [1.82, 2.24) is 9.88 Å². The molecule has 2 aliphatic rings. The molecule has 0 saturated carbocycles. The summed E-state index contributed by atoms with van der Waals surface area (Å²) >= 11 is 0. The summed E-state index contributed by atoms with van der Waals surface area (Å²) < 4.78 is 11.1. The van der Waals surface area contributed by atoms with Gasteiger partial charge in [-0.1, -0.05) is 36.4 Å². The summed E-state index contributed by atoms with van der Waals surface area (Å²) in [7, 11) is 0. The number of hydrogen-bond acceptors (Lipinski definition) is 6. The Morgan fingerprint density at radius 1 is 1.06 bits per heavy atom. The van der Waals surface area contributed by atoms with E-state index in [-0.39, 0.29) is 24.1 Å². The number of rotatable bonds is 5. The Balaban J connectivity index is 1.41. The van der Waals surface area contributed by atoms with Crippen molar-refractivity contribution in [3.8, 4) is 11.5 Å². The lowest BCUT2D eigenvalue weighted by Gasteiger charge is -2.35. The molecule has 8 nitrogen and oxygen atoms in total. The number of nitro groups is 1. The zero-order valence-corrected chi connectivity index (χ0v) is 18.6. The normalized spacial score (nSPS) is 16.6. The van der Waals surface area contributed by atoms with Gasteiger partial charge in [-0.2, -0.15) is 0 Å². The van der Waals surface area contributed by atoms with E-state index in [1.807, 2.05) is 30.3 Å². The van der Waals surface area contributed by atoms with Crippen LogP contribution in [0.5, 0.6) is 11.5 Å². The summed E-state index contributed by atoms with van der Waals surface area (Å²) in [5.74, 6) is 0.977. The van der Waals surface area contributed by atoms with E-state index >= 15 is 0 Å². The highest BCUT2D eigenvalue weighted by molar-refractivity contribution is 6.07. The molecule has 1 N–H and O–H groups in total. The Hall–Kier alpha value is -4.59. The van der Waals surface area contributed by atoms with Gasteiger partial charge in [0.1, 0.15) is 0 Å². The number of ketones is 1. The predicted octanol–water partition coefficient (Wildman–Crippen LogP) is 5.15. The third-order valence-electron chi connectivity index (χ3n) is 6.57. The number of allylic oxidation sites excluding steroid dienone is 1. The van der Waals surface area contributed by atoms with Crippen LogP contribution in [0.15, 0.2) is 79.0 Å². The molecule has 0 fully saturated rings. The van der Waals surface area contributed by atoms with Gasteiger partial charge in [0.2, 0.25) is 6.79 Å². The minimum absolute atomic E-state index is 0.0664. The van der Waals surface area contributed by atoms with E-state index in [9.17, 15) is 14.9 Å². The summed E-state index contributed by atoms with van der Waals surface area (Å²) in [6, 6.07) is 19.9. The molecular weight excluding hydrogens is 446 g/mol. The Labute approximate surface area is 200 Å². The third kappa shape index (κ3) is 3.59. The van der Waals surface area contributed by atoms with Crippen LogP contribution in [-0.4, -0.2) is 33.9 Å². The first-order chi connectivity index (χ1) is 17.1. The zero-order chi connectivity index (χ0) is 23.9. The summed E-state index contributed by atoms with van der Waals surface area (Å²) in [5, 5.41) is 12.6. The summed E-state index contributed by atoms with van der Waals surface area (Å²) in [6.07, 6.45) is 3.95. The number of nitrogens with one attached hydrogen (secondary N) is 1. The molecule has 1 unspecified atom stereocenters. The van der Waals surface area contributed by atoms with Crippen molar-refractivity contribution >= 4 is 22.4 Å². The highest BCUT2D eigenvalue weighted by atomic mass is 16.7. The lowest BCUT2D eigenvalue weighted by molar-refractivity contribution is -0.385. The first-order valence-electron chi connectivity index (χ1n) is 11.3. The highest BCUT2D eigenvalue weighted by Gasteiger charge is 2.31.